The van der Waals surface area contributed by atoms with Crippen LogP contribution in [-0.4, -0.2) is 13.7 Å². The fourth-order valence-electron chi connectivity index (χ4n) is 1.56. The third kappa shape index (κ3) is 4.02. The van der Waals surface area contributed by atoms with Crippen LogP contribution in [0.5, 0.6) is 0 Å². The molecule has 1 heterocycles. The van der Waals surface area contributed by atoms with Crippen molar-refractivity contribution in [3.05, 3.63) is 35.3 Å². The lowest BCUT2D eigenvalue weighted by atomic mass is 9.87. The number of ether oxygens (including phenoxy) is 2. The molecular weight excluding hydrogens is 224 g/mol. The fraction of sp³-hybridized carbons (Fsp3) is 0.625. The Morgan fingerprint density at radius 2 is 1.44 bits per heavy atom. The molecule has 0 aromatic carbocycles. The molecule has 0 aromatic heterocycles. The minimum Gasteiger partial charge on any atom is -0.465 e. The number of rotatable bonds is 2. The first kappa shape index (κ1) is 15.0. The molecule has 0 radical (unpaired) electrons. The highest BCUT2D eigenvalue weighted by Crippen LogP contribution is 2.38. The lowest BCUT2D eigenvalue weighted by Gasteiger charge is -2.32. The number of allylic oxidation sites excluding steroid dienone is 5. The van der Waals surface area contributed by atoms with Crippen molar-refractivity contribution in [2.45, 2.75) is 41.5 Å². The van der Waals surface area contributed by atoms with E-state index in [0.717, 1.165) is 17.1 Å². The highest BCUT2D eigenvalue weighted by molar-refractivity contribution is 5.39. The first-order valence-corrected chi connectivity index (χ1v) is 6.46. The average molecular weight is 250 g/mol. The van der Waals surface area contributed by atoms with E-state index in [1.165, 1.54) is 0 Å². The highest BCUT2D eigenvalue weighted by Gasteiger charge is 2.28. The Morgan fingerprint density at radius 1 is 1.00 bits per heavy atom. The maximum absolute atomic E-state index is 6.07. The summed E-state index contributed by atoms with van der Waals surface area (Å²) in [5, 5.41) is 0. The van der Waals surface area contributed by atoms with Crippen molar-refractivity contribution in [2.24, 2.45) is 10.8 Å². The highest BCUT2D eigenvalue weighted by atomic mass is 16.5. The third-order valence-electron chi connectivity index (χ3n) is 2.78. The predicted molar refractivity (Wildman–Crippen MR) is 76.1 cm³/mol. The summed E-state index contributed by atoms with van der Waals surface area (Å²) in [7, 11) is 1.71. The zero-order chi connectivity index (χ0) is 14.0. The summed E-state index contributed by atoms with van der Waals surface area (Å²) in [6, 6.07) is 0. The second kappa shape index (κ2) is 5.31. The Balaban J connectivity index is 3.10. The molecule has 0 fully saturated rings. The zero-order valence-electron chi connectivity index (χ0n) is 12.8. The predicted octanol–water partition coefficient (Wildman–Crippen LogP) is 4.45. The van der Waals surface area contributed by atoms with E-state index in [1.807, 2.05) is 0 Å². The number of methoxy groups -OCH3 is 1. The van der Waals surface area contributed by atoms with Crippen molar-refractivity contribution in [3.63, 3.8) is 0 Å². The van der Waals surface area contributed by atoms with E-state index in [0.29, 0.717) is 6.61 Å². The van der Waals surface area contributed by atoms with Gasteiger partial charge in [-0.05, 0) is 17.7 Å². The monoisotopic (exact) mass is 250 g/mol. The Morgan fingerprint density at radius 3 is 1.78 bits per heavy atom. The van der Waals surface area contributed by atoms with Crippen molar-refractivity contribution in [1.82, 2.24) is 0 Å². The van der Waals surface area contributed by atoms with Crippen LogP contribution in [0, 0.1) is 10.8 Å². The first-order valence-electron chi connectivity index (χ1n) is 6.46. The third-order valence-corrected chi connectivity index (χ3v) is 2.78. The molecule has 0 amide bonds. The Kier molecular flexibility index (Phi) is 4.44. The topological polar surface area (TPSA) is 18.5 Å². The quantitative estimate of drug-likeness (QED) is 0.721. The van der Waals surface area contributed by atoms with Crippen molar-refractivity contribution >= 4 is 0 Å². The van der Waals surface area contributed by atoms with Crippen LogP contribution >= 0.6 is 0 Å². The minimum absolute atomic E-state index is 0.0108. The van der Waals surface area contributed by atoms with Crippen LogP contribution in [0.25, 0.3) is 0 Å². The summed E-state index contributed by atoms with van der Waals surface area (Å²) in [5.74, 6) is 2.02. The van der Waals surface area contributed by atoms with Gasteiger partial charge >= 0.3 is 0 Å². The maximum atomic E-state index is 6.07. The van der Waals surface area contributed by atoms with Crippen LogP contribution in [0.15, 0.2) is 35.3 Å². The molecule has 0 saturated heterocycles. The van der Waals surface area contributed by atoms with Gasteiger partial charge in [0.1, 0.15) is 11.5 Å². The summed E-state index contributed by atoms with van der Waals surface area (Å²) in [6.07, 6.45) is 6.29. The number of hydrogen-bond acceptors (Lipinski definition) is 2. The van der Waals surface area contributed by atoms with Gasteiger partial charge in [0.15, 0.2) is 0 Å². The van der Waals surface area contributed by atoms with Crippen molar-refractivity contribution in [1.29, 1.82) is 0 Å². The van der Waals surface area contributed by atoms with Gasteiger partial charge in [0.05, 0.1) is 6.61 Å². The lowest BCUT2D eigenvalue weighted by Crippen LogP contribution is -2.21. The lowest BCUT2D eigenvalue weighted by molar-refractivity contribution is 0.161. The van der Waals surface area contributed by atoms with E-state index in [4.69, 9.17) is 9.47 Å². The normalized spacial score (nSPS) is 16.9. The van der Waals surface area contributed by atoms with E-state index in [2.05, 4.69) is 59.8 Å². The molecular formula is C16H26O2. The van der Waals surface area contributed by atoms with Gasteiger partial charge in [-0.2, -0.15) is 0 Å². The van der Waals surface area contributed by atoms with Crippen LogP contribution in [0.3, 0.4) is 0 Å². The molecule has 0 atom stereocenters. The maximum Gasteiger partial charge on any atom is 0.109 e. The zero-order valence-corrected chi connectivity index (χ0v) is 12.8. The van der Waals surface area contributed by atoms with Gasteiger partial charge in [0, 0.05) is 17.9 Å². The van der Waals surface area contributed by atoms with Crippen molar-refractivity contribution in [3.8, 4) is 0 Å². The van der Waals surface area contributed by atoms with Gasteiger partial charge in [-0.3, -0.25) is 0 Å². The van der Waals surface area contributed by atoms with Gasteiger partial charge in [-0.25, -0.2) is 0 Å². The van der Waals surface area contributed by atoms with Gasteiger partial charge < -0.3 is 9.47 Å². The van der Waals surface area contributed by atoms with Crippen LogP contribution in [0.1, 0.15) is 41.5 Å². The van der Waals surface area contributed by atoms with E-state index in [9.17, 15) is 0 Å². The molecule has 0 saturated carbocycles. The van der Waals surface area contributed by atoms with E-state index >= 15 is 0 Å². The van der Waals surface area contributed by atoms with Gasteiger partial charge in [-0.15, -0.1) is 0 Å². The smallest absolute Gasteiger partial charge is 0.109 e. The molecule has 1 aliphatic rings. The standard InChI is InChI=1S/C16H26O2/c1-15(2,3)13-10-12(8-9-17-7)11-14(18-13)16(4,5)6/h8,10-11H,9H2,1-7H3. The van der Waals surface area contributed by atoms with Crippen LogP contribution < -0.4 is 0 Å². The van der Waals surface area contributed by atoms with Gasteiger partial charge in [-0.1, -0.05) is 47.6 Å². The molecule has 0 N–H and O–H groups in total. The minimum atomic E-state index is 0.0108. The second-order valence-electron chi connectivity index (χ2n) is 6.78. The molecule has 1 rings (SSSR count). The molecule has 1 aliphatic heterocycles. The molecule has 2 heteroatoms. The molecule has 0 aromatic rings. The molecule has 0 unspecified atom stereocenters. The average Bonchev–Trinajstić information content (AvgIpc) is 2.23. The van der Waals surface area contributed by atoms with Gasteiger partial charge in [0.2, 0.25) is 0 Å². The van der Waals surface area contributed by atoms with Crippen LogP contribution in [0.2, 0.25) is 0 Å². The van der Waals surface area contributed by atoms with E-state index in [1.54, 1.807) is 7.11 Å². The van der Waals surface area contributed by atoms with E-state index in [-0.39, 0.29) is 10.8 Å². The fourth-order valence-corrected chi connectivity index (χ4v) is 1.56. The molecule has 2 nitrogen and oxygen atoms in total. The molecule has 0 aliphatic carbocycles. The number of hydrogen-bond donors (Lipinski definition) is 0. The summed E-state index contributed by atoms with van der Waals surface area (Å²) in [5.41, 5.74) is 1.19. The molecule has 102 valence electrons. The van der Waals surface area contributed by atoms with Crippen LogP contribution in [0.4, 0.5) is 0 Å². The molecule has 0 bridgehead atoms. The molecule has 0 spiro atoms. The summed E-state index contributed by atoms with van der Waals surface area (Å²) in [4.78, 5) is 0. The van der Waals surface area contributed by atoms with Crippen molar-refractivity contribution in [2.75, 3.05) is 13.7 Å². The Labute approximate surface area is 111 Å². The SMILES string of the molecule is COCC=C1C=C(C(C)(C)C)OC(C(C)(C)C)=C1. The second-order valence-corrected chi connectivity index (χ2v) is 6.78. The van der Waals surface area contributed by atoms with Gasteiger partial charge in [0.25, 0.3) is 0 Å². The summed E-state index contributed by atoms with van der Waals surface area (Å²) >= 11 is 0. The van der Waals surface area contributed by atoms with Crippen molar-refractivity contribution < 1.29 is 9.47 Å². The van der Waals surface area contributed by atoms with E-state index < -0.39 is 0 Å². The van der Waals surface area contributed by atoms with Crippen LogP contribution in [-0.2, 0) is 9.47 Å². The largest absolute Gasteiger partial charge is 0.465 e. The molecule has 18 heavy (non-hydrogen) atoms. The Bertz CT molecular complexity index is 352. The summed E-state index contributed by atoms with van der Waals surface area (Å²) in [6.45, 7) is 13.6. The Hall–Kier alpha value is -1.02. The first-order chi connectivity index (χ1) is 8.14. The summed E-state index contributed by atoms with van der Waals surface area (Å²) < 4.78 is 11.2.